The molecule has 1 saturated heterocycles. The van der Waals surface area contributed by atoms with Crippen LogP contribution < -0.4 is 10.0 Å². The molecular weight excluding hydrogens is 470 g/mol. The van der Waals surface area contributed by atoms with E-state index in [2.05, 4.69) is 10.0 Å². The number of halogens is 1. The average molecular weight is 490 g/mol. The van der Waals surface area contributed by atoms with Crippen molar-refractivity contribution in [2.24, 2.45) is 0 Å². The number of thiophene rings is 1. The third-order valence-electron chi connectivity index (χ3n) is 5.15. The molecule has 1 aromatic heterocycles. The Morgan fingerprint density at radius 1 is 1.12 bits per heavy atom. The smallest absolute Gasteiger partial charge is 0.271 e. The van der Waals surface area contributed by atoms with E-state index in [1.54, 1.807) is 17.0 Å². The molecule has 10 heteroatoms. The number of carbonyl (C=O) groups is 2. The summed E-state index contributed by atoms with van der Waals surface area (Å²) < 4.78 is 27.9. The predicted molar refractivity (Wildman–Crippen MR) is 125 cm³/mol. The predicted octanol–water partition coefficient (Wildman–Crippen LogP) is 3.82. The van der Waals surface area contributed by atoms with E-state index in [0.717, 1.165) is 22.5 Å². The van der Waals surface area contributed by atoms with Gasteiger partial charge in [0.2, 0.25) is 5.91 Å². The second-order valence-electron chi connectivity index (χ2n) is 7.29. The molecule has 1 fully saturated rings. The van der Waals surface area contributed by atoms with Gasteiger partial charge < -0.3 is 10.2 Å². The number of hydrogen-bond acceptors (Lipinski definition) is 5. The number of anilines is 1. The van der Waals surface area contributed by atoms with Gasteiger partial charge in [0.05, 0.1) is 4.34 Å². The summed E-state index contributed by atoms with van der Waals surface area (Å²) in [6.07, 6.45) is 0. The molecule has 2 heterocycles. The van der Waals surface area contributed by atoms with Gasteiger partial charge in [-0.05, 0) is 54.4 Å². The van der Waals surface area contributed by atoms with Crippen LogP contribution in [0.15, 0.2) is 64.9 Å². The van der Waals surface area contributed by atoms with E-state index in [4.69, 9.17) is 11.6 Å². The van der Waals surface area contributed by atoms with E-state index in [9.17, 15) is 18.0 Å². The number of rotatable bonds is 5. The summed E-state index contributed by atoms with van der Waals surface area (Å²) in [5.74, 6) is -0.523. The molecule has 0 aliphatic carbocycles. The average Bonchev–Trinajstić information content (AvgIpc) is 3.21. The highest BCUT2D eigenvalue weighted by atomic mass is 35.5. The van der Waals surface area contributed by atoms with Crippen molar-refractivity contribution in [1.29, 1.82) is 0 Å². The van der Waals surface area contributed by atoms with E-state index in [1.807, 2.05) is 31.2 Å². The number of amides is 2. The van der Waals surface area contributed by atoms with Crippen LogP contribution in [0.4, 0.5) is 5.69 Å². The van der Waals surface area contributed by atoms with E-state index in [1.165, 1.54) is 24.3 Å². The molecule has 4 rings (SSSR count). The maximum Gasteiger partial charge on any atom is 0.271 e. The van der Waals surface area contributed by atoms with Gasteiger partial charge in [-0.15, -0.1) is 11.3 Å². The second kappa shape index (κ2) is 8.93. The van der Waals surface area contributed by atoms with Crippen molar-refractivity contribution in [1.82, 2.24) is 10.2 Å². The number of nitrogens with one attached hydrogen (secondary N) is 2. The molecule has 3 aromatic rings. The van der Waals surface area contributed by atoms with Crippen LogP contribution in [0.1, 0.15) is 27.5 Å². The van der Waals surface area contributed by atoms with E-state index in [-0.39, 0.29) is 16.0 Å². The van der Waals surface area contributed by atoms with Gasteiger partial charge in [0, 0.05) is 24.3 Å². The molecular formula is C22H20ClN3O4S2. The summed E-state index contributed by atoms with van der Waals surface area (Å²) in [4.78, 5) is 27.5. The van der Waals surface area contributed by atoms with E-state index >= 15 is 0 Å². The van der Waals surface area contributed by atoms with Crippen LogP contribution in [0.2, 0.25) is 4.34 Å². The van der Waals surface area contributed by atoms with E-state index in [0.29, 0.717) is 28.7 Å². The molecule has 32 heavy (non-hydrogen) atoms. The normalized spacial score (nSPS) is 16.5. The number of nitrogens with zero attached hydrogens (tertiary/aromatic N) is 1. The summed E-state index contributed by atoms with van der Waals surface area (Å²) in [5.41, 5.74) is 2.38. The fourth-order valence-electron chi connectivity index (χ4n) is 3.58. The summed E-state index contributed by atoms with van der Waals surface area (Å²) in [6.45, 7) is 2.65. The number of benzene rings is 2. The van der Waals surface area contributed by atoms with Crippen molar-refractivity contribution in [3.05, 3.63) is 81.7 Å². The molecule has 2 N–H and O–H groups in total. The standard InChI is InChI=1S/C22H20ClN3O4S2/c1-14-4-2-3-5-17(14)20-21(27)24-12-13-26(20)22(28)15-6-8-16(9-7-15)25-32(29,30)19-11-10-18(23)31-19/h2-11,20,25H,12-13H2,1H3,(H,24,27). The van der Waals surface area contributed by atoms with Crippen molar-refractivity contribution in [2.45, 2.75) is 17.2 Å². The Morgan fingerprint density at radius 2 is 1.84 bits per heavy atom. The van der Waals surface area contributed by atoms with Crippen LogP contribution in [0, 0.1) is 6.92 Å². The van der Waals surface area contributed by atoms with Crippen LogP contribution in [0.25, 0.3) is 0 Å². The summed E-state index contributed by atoms with van der Waals surface area (Å²) in [6, 6.07) is 15.8. The van der Waals surface area contributed by atoms with Gasteiger partial charge >= 0.3 is 0 Å². The lowest BCUT2D eigenvalue weighted by Gasteiger charge is -2.36. The Hall–Kier alpha value is -2.88. The molecule has 1 unspecified atom stereocenters. The summed E-state index contributed by atoms with van der Waals surface area (Å²) >= 11 is 6.79. The van der Waals surface area contributed by atoms with E-state index < -0.39 is 16.1 Å². The lowest BCUT2D eigenvalue weighted by Crippen LogP contribution is -2.52. The minimum absolute atomic E-state index is 0.100. The Bertz CT molecular complexity index is 1270. The van der Waals surface area contributed by atoms with Gasteiger partial charge in [0.15, 0.2) is 0 Å². The molecule has 166 valence electrons. The Morgan fingerprint density at radius 3 is 2.50 bits per heavy atom. The van der Waals surface area contributed by atoms with Crippen LogP contribution in [0.5, 0.6) is 0 Å². The lowest BCUT2D eigenvalue weighted by molar-refractivity contribution is -0.128. The molecule has 0 radical (unpaired) electrons. The second-order valence-corrected chi connectivity index (χ2v) is 10.9. The van der Waals surface area contributed by atoms with Gasteiger partial charge in [-0.1, -0.05) is 35.9 Å². The van der Waals surface area contributed by atoms with Crippen molar-refractivity contribution >= 4 is 50.5 Å². The summed E-state index contributed by atoms with van der Waals surface area (Å²) in [7, 11) is -3.77. The highest BCUT2D eigenvalue weighted by Crippen LogP contribution is 2.29. The Labute approximate surface area is 195 Å². The van der Waals surface area contributed by atoms with Gasteiger partial charge in [0.25, 0.3) is 15.9 Å². The van der Waals surface area contributed by atoms with Crippen LogP contribution in [-0.4, -0.2) is 38.2 Å². The molecule has 0 spiro atoms. The number of hydrogen-bond donors (Lipinski definition) is 2. The minimum Gasteiger partial charge on any atom is -0.352 e. The number of sulfonamides is 1. The zero-order chi connectivity index (χ0) is 22.9. The van der Waals surface area contributed by atoms with Crippen LogP contribution >= 0.6 is 22.9 Å². The quantitative estimate of drug-likeness (QED) is 0.569. The molecule has 1 atom stereocenters. The number of piperazine rings is 1. The third-order valence-corrected chi connectivity index (χ3v) is 8.26. The van der Waals surface area contributed by atoms with Crippen molar-refractivity contribution in [3.63, 3.8) is 0 Å². The molecule has 0 bridgehead atoms. The molecule has 2 amide bonds. The lowest BCUT2D eigenvalue weighted by atomic mass is 9.97. The van der Waals surface area contributed by atoms with Crippen LogP contribution in [0.3, 0.4) is 0 Å². The van der Waals surface area contributed by atoms with Crippen molar-refractivity contribution in [3.8, 4) is 0 Å². The maximum absolute atomic E-state index is 13.3. The van der Waals surface area contributed by atoms with Crippen molar-refractivity contribution in [2.75, 3.05) is 17.8 Å². The fourth-order valence-corrected chi connectivity index (χ4v) is 6.12. The van der Waals surface area contributed by atoms with Gasteiger partial charge in [-0.3, -0.25) is 14.3 Å². The first-order valence-corrected chi connectivity index (χ1v) is 12.5. The first-order valence-electron chi connectivity index (χ1n) is 9.79. The Balaban J connectivity index is 1.56. The molecule has 1 aliphatic rings. The molecule has 0 saturated carbocycles. The first kappa shape index (κ1) is 22.3. The highest BCUT2D eigenvalue weighted by molar-refractivity contribution is 7.94. The fraction of sp³-hybridized carbons (Fsp3) is 0.182. The molecule has 1 aliphatic heterocycles. The maximum atomic E-state index is 13.3. The largest absolute Gasteiger partial charge is 0.352 e. The molecule has 7 nitrogen and oxygen atoms in total. The third kappa shape index (κ3) is 4.50. The highest BCUT2D eigenvalue weighted by Gasteiger charge is 2.35. The Kier molecular flexibility index (Phi) is 6.23. The zero-order valence-electron chi connectivity index (χ0n) is 17.0. The number of carbonyl (C=O) groups excluding carboxylic acids is 2. The zero-order valence-corrected chi connectivity index (χ0v) is 19.4. The van der Waals surface area contributed by atoms with Crippen LogP contribution in [-0.2, 0) is 14.8 Å². The van der Waals surface area contributed by atoms with Gasteiger partial charge in [-0.25, -0.2) is 8.42 Å². The minimum atomic E-state index is -3.77. The topological polar surface area (TPSA) is 95.6 Å². The molecule has 2 aromatic carbocycles. The van der Waals surface area contributed by atoms with Gasteiger partial charge in [-0.2, -0.15) is 0 Å². The monoisotopic (exact) mass is 489 g/mol. The summed E-state index contributed by atoms with van der Waals surface area (Å²) in [5, 5.41) is 2.83. The first-order chi connectivity index (χ1) is 15.3. The SMILES string of the molecule is Cc1ccccc1C1C(=O)NCCN1C(=O)c1ccc(NS(=O)(=O)c2ccc(Cl)s2)cc1. The number of aryl methyl sites for hydroxylation is 1. The van der Waals surface area contributed by atoms with Gasteiger partial charge in [0.1, 0.15) is 10.3 Å². The van der Waals surface area contributed by atoms with Crippen molar-refractivity contribution < 1.29 is 18.0 Å².